The Balaban J connectivity index is 1.65. The van der Waals surface area contributed by atoms with Crippen molar-refractivity contribution in [1.29, 1.82) is 0 Å². The number of ether oxygens (including phenoxy) is 3. The lowest BCUT2D eigenvalue weighted by atomic mass is 10.0. The maximum atomic E-state index is 12.0. The van der Waals surface area contributed by atoms with Gasteiger partial charge in [0.2, 0.25) is 0 Å². The number of carbonyl (C=O) groups is 2. The molecule has 10 nitrogen and oxygen atoms in total. The van der Waals surface area contributed by atoms with Gasteiger partial charge in [0.1, 0.15) is 24.0 Å². The highest BCUT2D eigenvalue weighted by Crippen LogP contribution is 2.52. The van der Waals surface area contributed by atoms with Crippen LogP contribution in [0.15, 0.2) is 24.3 Å². The zero-order chi connectivity index (χ0) is 23.9. The molecule has 3 aliphatic rings. The van der Waals surface area contributed by atoms with Gasteiger partial charge in [-0.2, -0.15) is 0 Å². The Morgan fingerprint density at radius 2 is 1.76 bits per heavy atom. The number of nitrogens with zero attached hydrogens (tertiary/aromatic N) is 2. The van der Waals surface area contributed by atoms with E-state index in [1.165, 1.54) is 0 Å². The molecular formula is C24H31N4O6+. The summed E-state index contributed by atoms with van der Waals surface area (Å²) in [5.74, 6) is 1.55. The number of aromatic nitrogens is 1. The summed E-state index contributed by atoms with van der Waals surface area (Å²) in [6, 6.07) is 7.73. The summed E-state index contributed by atoms with van der Waals surface area (Å²) in [5.41, 5.74) is 14.8. The van der Waals surface area contributed by atoms with Crippen molar-refractivity contribution in [2.24, 2.45) is 11.5 Å². The molecule has 2 aromatic rings. The molecule has 0 spiro atoms. The summed E-state index contributed by atoms with van der Waals surface area (Å²) in [6.07, 6.45) is 1.94. The van der Waals surface area contributed by atoms with Crippen LogP contribution < -0.4 is 20.9 Å². The van der Waals surface area contributed by atoms with Crippen molar-refractivity contribution in [1.82, 2.24) is 4.57 Å². The van der Waals surface area contributed by atoms with Crippen molar-refractivity contribution in [3.63, 3.8) is 0 Å². The van der Waals surface area contributed by atoms with Crippen LogP contribution >= 0.6 is 0 Å². The molecule has 5 rings (SSSR count). The molecular weight excluding hydrogens is 440 g/mol. The molecule has 2 amide bonds. The van der Waals surface area contributed by atoms with Crippen molar-refractivity contribution in [2.75, 3.05) is 26.9 Å². The van der Waals surface area contributed by atoms with Gasteiger partial charge in [0.15, 0.2) is 12.3 Å². The largest absolute Gasteiger partial charge is 0.497 e. The van der Waals surface area contributed by atoms with Gasteiger partial charge in [-0.1, -0.05) is 12.1 Å². The zero-order valence-electron chi connectivity index (χ0n) is 19.3. The lowest BCUT2D eigenvalue weighted by Crippen LogP contribution is -2.61. The van der Waals surface area contributed by atoms with Crippen LogP contribution in [0.4, 0.5) is 9.59 Å². The Morgan fingerprint density at radius 1 is 1.06 bits per heavy atom. The van der Waals surface area contributed by atoms with Crippen LogP contribution in [0.25, 0.3) is 11.1 Å². The van der Waals surface area contributed by atoms with E-state index in [1.807, 2.05) is 24.3 Å². The Kier molecular flexibility index (Phi) is 5.86. The first kappa shape index (κ1) is 22.5. The Hall–Kier alpha value is -3.24. The molecule has 182 valence electrons. The van der Waals surface area contributed by atoms with Gasteiger partial charge >= 0.3 is 12.2 Å². The number of amides is 2. The first-order valence-corrected chi connectivity index (χ1v) is 11.7. The van der Waals surface area contributed by atoms with Gasteiger partial charge < -0.3 is 30.2 Å². The highest BCUT2D eigenvalue weighted by Gasteiger charge is 2.49. The fourth-order valence-electron chi connectivity index (χ4n) is 5.51. The lowest BCUT2D eigenvalue weighted by molar-refractivity contribution is -1.12. The number of fused-ring (bicyclic) bond motifs is 1. The summed E-state index contributed by atoms with van der Waals surface area (Å²) in [5, 5.41) is 0. The number of primary amides is 2. The van der Waals surface area contributed by atoms with Crippen LogP contribution in [0, 0.1) is 0 Å². The number of methoxy groups -OCH3 is 1. The second-order valence-corrected chi connectivity index (χ2v) is 9.20. The molecule has 1 atom stereocenters. The zero-order valence-corrected chi connectivity index (χ0v) is 19.3. The van der Waals surface area contributed by atoms with Gasteiger partial charge in [-0.3, -0.25) is 4.84 Å². The van der Waals surface area contributed by atoms with Crippen LogP contribution in [0.5, 0.6) is 11.5 Å². The molecule has 1 saturated heterocycles. The summed E-state index contributed by atoms with van der Waals surface area (Å²) in [6.45, 7) is 2.72. The first-order valence-electron chi connectivity index (χ1n) is 11.7. The van der Waals surface area contributed by atoms with Crippen molar-refractivity contribution in [3.8, 4) is 22.6 Å². The van der Waals surface area contributed by atoms with E-state index in [0.29, 0.717) is 44.5 Å². The first-order chi connectivity index (χ1) is 16.4. The summed E-state index contributed by atoms with van der Waals surface area (Å²) in [7, 11) is 1.62. The van der Waals surface area contributed by atoms with Gasteiger partial charge in [-0.05, 0) is 30.5 Å². The van der Waals surface area contributed by atoms with Crippen LogP contribution in [0.2, 0.25) is 0 Å². The molecule has 4 N–H and O–H groups in total. The van der Waals surface area contributed by atoms with E-state index in [0.717, 1.165) is 53.9 Å². The third-order valence-corrected chi connectivity index (χ3v) is 7.15. The monoisotopic (exact) mass is 471 g/mol. The predicted octanol–water partition coefficient (Wildman–Crippen LogP) is 3.02. The molecule has 1 aromatic heterocycles. The van der Waals surface area contributed by atoms with Gasteiger partial charge in [0.25, 0.3) is 0 Å². The molecule has 1 aromatic carbocycles. The number of hydroxylamine groups is 3. The molecule has 2 aliphatic heterocycles. The van der Waals surface area contributed by atoms with Crippen molar-refractivity contribution < 1.29 is 33.3 Å². The quantitative estimate of drug-likeness (QED) is 0.624. The molecule has 2 fully saturated rings. The number of quaternary nitrogens is 1. The van der Waals surface area contributed by atoms with E-state index in [-0.39, 0.29) is 10.7 Å². The standard InChI is InChI=1S/C24H30N4O6/c1-31-18-6-4-15(5-7-18)20-21(16-2-3-16)27-10-11-28(34-24(26)30,17-8-12-32-13-9-17)14-19(27)22(20)33-23(25)29/h4-7,16-17H,2-3,8-14H2,1H3,(H3-,25,26,29,30)/p+1. The minimum Gasteiger partial charge on any atom is -0.497 e. The van der Waals surface area contributed by atoms with Crippen molar-refractivity contribution in [3.05, 3.63) is 35.7 Å². The summed E-state index contributed by atoms with van der Waals surface area (Å²) >= 11 is 0. The average molecular weight is 472 g/mol. The van der Waals surface area contributed by atoms with Crippen LogP contribution in [-0.4, -0.2) is 54.3 Å². The van der Waals surface area contributed by atoms with Crippen LogP contribution in [-0.2, 0) is 22.7 Å². The molecule has 0 bridgehead atoms. The van der Waals surface area contributed by atoms with E-state index in [4.69, 9.17) is 30.5 Å². The van der Waals surface area contributed by atoms with Gasteiger partial charge in [-0.25, -0.2) is 9.59 Å². The normalized spacial score (nSPS) is 22.6. The third-order valence-electron chi connectivity index (χ3n) is 7.15. The number of benzene rings is 1. The second kappa shape index (κ2) is 8.84. The van der Waals surface area contributed by atoms with Gasteiger partial charge in [0.05, 0.1) is 26.9 Å². The van der Waals surface area contributed by atoms with Crippen molar-refractivity contribution >= 4 is 12.2 Å². The molecule has 34 heavy (non-hydrogen) atoms. The number of hydrogen-bond donors (Lipinski definition) is 2. The van der Waals surface area contributed by atoms with E-state index in [1.54, 1.807) is 7.11 Å². The number of carbonyl (C=O) groups excluding carboxylic acids is 2. The molecule has 1 saturated carbocycles. The molecule has 10 heteroatoms. The highest BCUT2D eigenvalue weighted by atomic mass is 16.8. The molecule has 1 aliphatic carbocycles. The number of nitrogens with two attached hydrogens (primary N) is 2. The van der Waals surface area contributed by atoms with E-state index >= 15 is 0 Å². The maximum absolute atomic E-state index is 12.0. The smallest absolute Gasteiger partial charge is 0.459 e. The summed E-state index contributed by atoms with van der Waals surface area (Å²) in [4.78, 5) is 29.8. The fourth-order valence-corrected chi connectivity index (χ4v) is 5.51. The maximum Gasteiger partial charge on any atom is 0.459 e. The minimum absolute atomic E-state index is 0.0418. The third kappa shape index (κ3) is 4.07. The van der Waals surface area contributed by atoms with Crippen LogP contribution in [0.1, 0.15) is 43.0 Å². The Labute approximate surface area is 197 Å². The van der Waals surface area contributed by atoms with E-state index < -0.39 is 12.2 Å². The lowest BCUT2D eigenvalue weighted by Gasteiger charge is -2.44. The Morgan fingerprint density at radius 3 is 2.35 bits per heavy atom. The predicted molar refractivity (Wildman–Crippen MR) is 122 cm³/mol. The van der Waals surface area contributed by atoms with E-state index in [9.17, 15) is 9.59 Å². The molecule has 1 unspecified atom stereocenters. The fraction of sp³-hybridized carbons (Fsp3) is 0.500. The second-order valence-electron chi connectivity index (χ2n) is 9.20. The SMILES string of the molecule is COc1ccc(-c2c(OC(N)=O)c3n(c2C2CC2)CC[N+](OC(N)=O)(C2CCOCC2)C3)cc1. The summed E-state index contributed by atoms with van der Waals surface area (Å²) < 4.78 is 18.8. The van der Waals surface area contributed by atoms with Gasteiger partial charge in [0, 0.05) is 30.0 Å². The molecule has 0 radical (unpaired) electrons. The van der Waals surface area contributed by atoms with Crippen LogP contribution in [0.3, 0.4) is 0 Å². The topological polar surface area (TPSA) is 128 Å². The van der Waals surface area contributed by atoms with Crippen molar-refractivity contribution in [2.45, 2.75) is 50.7 Å². The molecule has 3 heterocycles. The Bertz CT molecular complexity index is 1090. The van der Waals surface area contributed by atoms with Gasteiger partial charge in [-0.15, -0.1) is 4.65 Å². The minimum atomic E-state index is -0.879. The number of hydrogen-bond acceptors (Lipinski definition) is 6. The highest BCUT2D eigenvalue weighted by molar-refractivity contribution is 5.81. The average Bonchev–Trinajstić information content (AvgIpc) is 3.62. The number of rotatable bonds is 6. The van der Waals surface area contributed by atoms with E-state index in [2.05, 4.69) is 4.57 Å².